The summed E-state index contributed by atoms with van der Waals surface area (Å²) in [6.45, 7) is 7.30. The van der Waals surface area contributed by atoms with Crippen molar-refractivity contribution >= 4 is 5.82 Å². The number of pyridine rings is 1. The smallest absolute Gasteiger partial charge is 0.128 e. The molecule has 1 saturated carbocycles. The van der Waals surface area contributed by atoms with Gasteiger partial charge in [-0.1, -0.05) is 13.0 Å². The van der Waals surface area contributed by atoms with Gasteiger partial charge in [0.25, 0.3) is 0 Å². The maximum atomic E-state index is 4.69. The van der Waals surface area contributed by atoms with E-state index in [1.807, 2.05) is 0 Å². The molecule has 1 N–H and O–H groups in total. The van der Waals surface area contributed by atoms with Crippen LogP contribution in [0.2, 0.25) is 0 Å². The normalized spacial score (nSPS) is 15.0. The third kappa shape index (κ3) is 3.43. The van der Waals surface area contributed by atoms with Crippen molar-refractivity contribution in [3.63, 3.8) is 0 Å². The zero-order valence-corrected chi connectivity index (χ0v) is 11.2. The van der Waals surface area contributed by atoms with Crippen LogP contribution >= 0.6 is 0 Å². The summed E-state index contributed by atoms with van der Waals surface area (Å²) >= 11 is 0. The van der Waals surface area contributed by atoms with E-state index < -0.39 is 0 Å². The largest absolute Gasteiger partial charge is 0.359 e. The van der Waals surface area contributed by atoms with E-state index in [2.05, 4.69) is 43.2 Å². The highest BCUT2D eigenvalue weighted by Crippen LogP contribution is 2.30. The lowest BCUT2D eigenvalue weighted by Gasteiger charge is -2.19. The molecule has 0 saturated heterocycles. The molecule has 17 heavy (non-hydrogen) atoms. The second kappa shape index (κ2) is 5.50. The molecule has 2 rings (SSSR count). The lowest BCUT2D eigenvalue weighted by atomic mass is 10.2. The van der Waals surface area contributed by atoms with Crippen molar-refractivity contribution in [1.82, 2.24) is 10.3 Å². The number of aryl methyl sites for hydroxylation is 1. The molecule has 1 aromatic heterocycles. The number of rotatable bonds is 6. The van der Waals surface area contributed by atoms with E-state index in [1.165, 1.54) is 18.4 Å². The SMILES string of the molecule is CCNCc1ccc(N(C)CC2CC2)nc1C. The van der Waals surface area contributed by atoms with Crippen LogP contribution < -0.4 is 10.2 Å². The molecule has 0 radical (unpaired) electrons. The first-order valence-electron chi connectivity index (χ1n) is 6.59. The van der Waals surface area contributed by atoms with Crippen LogP contribution in [0.1, 0.15) is 31.0 Å². The first-order chi connectivity index (χ1) is 8.20. The average molecular weight is 233 g/mol. The molecule has 1 heterocycles. The number of hydrogen-bond donors (Lipinski definition) is 1. The molecular weight excluding hydrogens is 210 g/mol. The van der Waals surface area contributed by atoms with Gasteiger partial charge in [-0.3, -0.25) is 0 Å². The lowest BCUT2D eigenvalue weighted by Crippen LogP contribution is -2.22. The van der Waals surface area contributed by atoms with E-state index in [-0.39, 0.29) is 0 Å². The summed E-state index contributed by atoms with van der Waals surface area (Å²) < 4.78 is 0. The summed E-state index contributed by atoms with van der Waals surface area (Å²) in [5, 5.41) is 3.34. The predicted octanol–water partition coefficient (Wildman–Crippen LogP) is 2.35. The molecule has 0 spiro atoms. The summed E-state index contributed by atoms with van der Waals surface area (Å²) in [6.07, 6.45) is 2.78. The molecule has 0 unspecified atom stereocenters. The number of anilines is 1. The molecule has 1 fully saturated rings. The van der Waals surface area contributed by atoms with Crippen LogP contribution in [0.25, 0.3) is 0 Å². The third-order valence-corrected chi connectivity index (χ3v) is 3.37. The minimum absolute atomic E-state index is 0.906. The van der Waals surface area contributed by atoms with Gasteiger partial charge in [-0.25, -0.2) is 4.98 Å². The van der Waals surface area contributed by atoms with Crippen molar-refractivity contribution in [2.24, 2.45) is 5.92 Å². The Morgan fingerprint density at radius 1 is 1.41 bits per heavy atom. The summed E-state index contributed by atoms with van der Waals surface area (Å²) in [4.78, 5) is 6.97. The van der Waals surface area contributed by atoms with Crippen LogP contribution in [0, 0.1) is 12.8 Å². The minimum Gasteiger partial charge on any atom is -0.359 e. The first-order valence-corrected chi connectivity index (χ1v) is 6.59. The van der Waals surface area contributed by atoms with Crippen molar-refractivity contribution in [3.8, 4) is 0 Å². The molecule has 3 heteroatoms. The van der Waals surface area contributed by atoms with Crippen LogP contribution in [0.5, 0.6) is 0 Å². The minimum atomic E-state index is 0.906. The zero-order chi connectivity index (χ0) is 12.3. The van der Waals surface area contributed by atoms with Crippen LogP contribution in [-0.4, -0.2) is 25.1 Å². The number of nitrogens with zero attached hydrogens (tertiary/aromatic N) is 2. The van der Waals surface area contributed by atoms with Gasteiger partial charge in [-0.2, -0.15) is 0 Å². The van der Waals surface area contributed by atoms with Gasteiger partial charge in [0, 0.05) is 25.8 Å². The molecule has 0 atom stereocenters. The fraction of sp³-hybridized carbons (Fsp3) is 0.643. The molecule has 1 aliphatic carbocycles. The summed E-state index contributed by atoms with van der Waals surface area (Å²) in [5.74, 6) is 2.01. The van der Waals surface area contributed by atoms with Crippen molar-refractivity contribution in [2.45, 2.75) is 33.2 Å². The molecule has 1 aromatic rings. The lowest BCUT2D eigenvalue weighted by molar-refractivity contribution is 0.717. The fourth-order valence-corrected chi connectivity index (χ4v) is 2.02. The maximum absolute atomic E-state index is 4.69. The molecule has 0 amide bonds. The number of nitrogens with one attached hydrogen (secondary N) is 1. The molecule has 94 valence electrons. The van der Waals surface area contributed by atoms with Gasteiger partial charge in [0.2, 0.25) is 0 Å². The Balaban J connectivity index is 2.00. The highest BCUT2D eigenvalue weighted by atomic mass is 15.2. The maximum Gasteiger partial charge on any atom is 0.128 e. The third-order valence-electron chi connectivity index (χ3n) is 3.37. The molecule has 0 bridgehead atoms. The van der Waals surface area contributed by atoms with Crippen molar-refractivity contribution in [2.75, 3.05) is 25.0 Å². The van der Waals surface area contributed by atoms with Gasteiger partial charge in [0.15, 0.2) is 0 Å². The average Bonchev–Trinajstić information content (AvgIpc) is 3.11. The van der Waals surface area contributed by atoms with Crippen LogP contribution in [0.3, 0.4) is 0 Å². The van der Waals surface area contributed by atoms with E-state index in [0.29, 0.717) is 0 Å². The monoisotopic (exact) mass is 233 g/mol. The van der Waals surface area contributed by atoms with Crippen molar-refractivity contribution < 1.29 is 0 Å². The topological polar surface area (TPSA) is 28.2 Å². The Hall–Kier alpha value is -1.09. The number of hydrogen-bond acceptors (Lipinski definition) is 3. The molecule has 0 aliphatic heterocycles. The van der Waals surface area contributed by atoms with Crippen LogP contribution in [0.4, 0.5) is 5.82 Å². The first kappa shape index (κ1) is 12.4. The second-order valence-corrected chi connectivity index (χ2v) is 5.02. The van der Waals surface area contributed by atoms with Crippen LogP contribution in [-0.2, 0) is 6.54 Å². The Labute approximate surface area is 104 Å². The second-order valence-electron chi connectivity index (χ2n) is 5.02. The van der Waals surface area contributed by atoms with Gasteiger partial charge in [0.1, 0.15) is 5.82 Å². The summed E-state index contributed by atoms with van der Waals surface area (Å²) in [5.41, 5.74) is 2.45. The highest BCUT2D eigenvalue weighted by molar-refractivity contribution is 5.41. The van der Waals surface area contributed by atoms with Crippen molar-refractivity contribution in [1.29, 1.82) is 0 Å². The Kier molecular flexibility index (Phi) is 4.00. The fourth-order valence-electron chi connectivity index (χ4n) is 2.02. The Morgan fingerprint density at radius 2 is 2.18 bits per heavy atom. The Morgan fingerprint density at radius 3 is 2.76 bits per heavy atom. The van der Waals surface area contributed by atoms with E-state index in [0.717, 1.165) is 37.1 Å². The predicted molar refractivity (Wildman–Crippen MR) is 72.3 cm³/mol. The van der Waals surface area contributed by atoms with E-state index in [4.69, 9.17) is 4.98 Å². The van der Waals surface area contributed by atoms with Crippen molar-refractivity contribution in [3.05, 3.63) is 23.4 Å². The molecule has 1 aliphatic rings. The quantitative estimate of drug-likeness (QED) is 0.817. The number of aromatic nitrogens is 1. The summed E-state index contributed by atoms with van der Waals surface area (Å²) in [7, 11) is 2.14. The standard InChI is InChI=1S/C14H23N3/c1-4-15-9-13-7-8-14(16-11(13)2)17(3)10-12-5-6-12/h7-8,12,15H,4-6,9-10H2,1-3H3. The van der Waals surface area contributed by atoms with E-state index >= 15 is 0 Å². The van der Waals surface area contributed by atoms with Gasteiger partial charge in [0.05, 0.1) is 0 Å². The van der Waals surface area contributed by atoms with E-state index in [1.54, 1.807) is 0 Å². The highest BCUT2D eigenvalue weighted by Gasteiger charge is 2.23. The molecule has 0 aromatic carbocycles. The van der Waals surface area contributed by atoms with Gasteiger partial charge < -0.3 is 10.2 Å². The van der Waals surface area contributed by atoms with E-state index in [9.17, 15) is 0 Å². The zero-order valence-electron chi connectivity index (χ0n) is 11.2. The summed E-state index contributed by atoms with van der Waals surface area (Å²) in [6, 6.07) is 4.34. The van der Waals surface area contributed by atoms with Gasteiger partial charge in [-0.15, -0.1) is 0 Å². The van der Waals surface area contributed by atoms with Gasteiger partial charge in [-0.05, 0) is 43.9 Å². The Bertz CT molecular complexity index is 372. The van der Waals surface area contributed by atoms with Crippen LogP contribution in [0.15, 0.2) is 12.1 Å². The molecular formula is C14H23N3. The molecule has 3 nitrogen and oxygen atoms in total. The van der Waals surface area contributed by atoms with Gasteiger partial charge >= 0.3 is 0 Å².